The maximum absolute atomic E-state index is 2.28. The summed E-state index contributed by atoms with van der Waals surface area (Å²) in [6.07, 6.45) is 7.63. The first-order valence-electron chi connectivity index (χ1n) is 7.14. The van der Waals surface area contributed by atoms with Crippen LogP contribution in [0.3, 0.4) is 0 Å². The summed E-state index contributed by atoms with van der Waals surface area (Å²) in [6.45, 7) is 3.26. The molecule has 0 aliphatic heterocycles. The number of hydrogen-bond acceptors (Lipinski definition) is 1. The normalized spacial score (nSPS) is 10.9. The average molecular weight is 267 g/mol. The SMILES string of the molecule is CCC[n+]1ccccc1/C=C/c1ccc(N(C)C)cc1. The van der Waals surface area contributed by atoms with Crippen molar-refractivity contribution in [2.75, 3.05) is 19.0 Å². The molecule has 2 nitrogen and oxygen atoms in total. The van der Waals surface area contributed by atoms with Gasteiger partial charge in [-0.3, -0.25) is 0 Å². The van der Waals surface area contributed by atoms with E-state index in [-0.39, 0.29) is 0 Å². The van der Waals surface area contributed by atoms with Crippen LogP contribution in [-0.4, -0.2) is 14.1 Å². The van der Waals surface area contributed by atoms with Crippen molar-refractivity contribution < 1.29 is 4.57 Å². The molecule has 0 aliphatic rings. The van der Waals surface area contributed by atoms with Gasteiger partial charge in [0.2, 0.25) is 5.69 Å². The van der Waals surface area contributed by atoms with E-state index < -0.39 is 0 Å². The fourth-order valence-electron chi connectivity index (χ4n) is 2.15. The van der Waals surface area contributed by atoms with E-state index in [0.717, 1.165) is 13.0 Å². The summed E-state index contributed by atoms with van der Waals surface area (Å²) in [4.78, 5) is 2.11. The Balaban J connectivity index is 2.16. The molecule has 2 rings (SSSR count). The standard InChI is InChI=1S/C18H23N2/c1-4-14-20-15-6-5-7-18(20)13-10-16-8-11-17(12-9-16)19(2)3/h5-13,15H,4,14H2,1-3H3/q+1. The monoisotopic (exact) mass is 267 g/mol. The van der Waals surface area contributed by atoms with Gasteiger partial charge in [-0.25, -0.2) is 0 Å². The molecule has 104 valence electrons. The van der Waals surface area contributed by atoms with Gasteiger partial charge < -0.3 is 4.90 Å². The van der Waals surface area contributed by atoms with E-state index >= 15 is 0 Å². The van der Waals surface area contributed by atoms with E-state index in [2.05, 4.69) is 91.3 Å². The van der Waals surface area contributed by atoms with Crippen molar-refractivity contribution >= 4 is 17.8 Å². The molecule has 20 heavy (non-hydrogen) atoms. The summed E-state index contributed by atoms with van der Waals surface area (Å²) < 4.78 is 2.28. The summed E-state index contributed by atoms with van der Waals surface area (Å²) in [7, 11) is 4.12. The third-order valence-corrected chi connectivity index (χ3v) is 3.30. The van der Waals surface area contributed by atoms with E-state index in [1.54, 1.807) is 0 Å². The van der Waals surface area contributed by atoms with E-state index in [1.807, 2.05) is 0 Å². The fourth-order valence-corrected chi connectivity index (χ4v) is 2.15. The molecule has 1 aromatic carbocycles. The molecule has 0 saturated carbocycles. The van der Waals surface area contributed by atoms with Crippen molar-refractivity contribution in [3.05, 3.63) is 59.9 Å². The third kappa shape index (κ3) is 3.70. The lowest BCUT2D eigenvalue weighted by Gasteiger charge is -2.11. The Kier molecular flexibility index (Phi) is 4.94. The number of benzene rings is 1. The lowest BCUT2D eigenvalue weighted by molar-refractivity contribution is -0.698. The molecular formula is C18H23N2+. The second-order valence-corrected chi connectivity index (χ2v) is 5.14. The van der Waals surface area contributed by atoms with Crippen molar-refractivity contribution in [1.82, 2.24) is 0 Å². The molecule has 0 radical (unpaired) electrons. The summed E-state index contributed by atoms with van der Waals surface area (Å²) in [5, 5.41) is 0. The molecular weight excluding hydrogens is 244 g/mol. The van der Waals surface area contributed by atoms with E-state index in [9.17, 15) is 0 Å². The minimum absolute atomic E-state index is 1.06. The Morgan fingerprint density at radius 2 is 1.75 bits per heavy atom. The van der Waals surface area contributed by atoms with Crippen LogP contribution in [0.1, 0.15) is 24.6 Å². The number of anilines is 1. The van der Waals surface area contributed by atoms with Crippen LogP contribution in [0.2, 0.25) is 0 Å². The smallest absolute Gasteiger partial charge is 0.205 e. The first-order valence-corrected chi connectivity index (χ1v) is 7.14. The zero-order valence-electron chi connectivity index (χ0n) is 12.6. The first-order chi connectivity index (χ1) is 9.70. The number of hydrogen-bond donors (Lipinski definition) is 0. The highest BCUT2D eigenvalue weighted by Gasteiger charge is 2.04. The van der Waals surface area contributed by atoms with Gasteiger partial charge in [-0.05, 0) is 29.8 Å². The molecule has 2 heteroatoms. The lowest BCUT2D eigenvalue weighted by Crippen LogP contribution is -2.35. The molecule has 0 bridgehead atoms. The highest BCUT2D eigenvalue weighted by molar-refractivity contribution is 5.68. The molecule has 0 fully saturated rings. The molecule has 1 heterocycles. The number of nitrogens with zero attached hydrogens (tertiary/aromatic N) is 2. The number of rotatable bonds is 5. The second kappa shape index (κ2) is 6.90. The Hall–Kier alpha value is -2.09. The largest absolute Gasteiger partial charge is 0.378 e. The van der Waals surface area contributed by atoms with Crippen LogP contribution in [-0.2, 0) is 6.54 Å². The maximum Gasteiger partial charge on any atom is 0.205 e. The van der Waals surface area contributed by atoms with Gasteiger partial charge in [0.25, 0.3) is 0 Å². The molecule has 0 atom stereocenters. The minimum atomic E-state index is 1.06. The predicted octanol–water partition coefficient (Wildman–Crippen LogP) is 3.62. The van der Waals surface area contributed by atoms with Crippen LogP contribution < -0.4 is 9.47 Å². The van der Waals surface area contributed by atoms with Crippen LogP contribution >= 0.6 is 0 Å². The van der Waals surface area contributed by atoms with E-state index in [4.69, 9.17) is 0 Å². The van der Waals surface area contributed by atoms with Gasteiger partial charge in [-0.15, -0.1) is 0 Å². The molecule has 0 aliphatic carbocycles. The third-order valence-electron chi connectivity index (χ3n) is 3.30. The molecule has 2 aromatic rings. The zero-order valence-corrected chi connectivity index (χ0v) is 12.6. The Morgan fingerprint density at radius 3 is 2.40 bits per heavy atom. The van der Waals surface area contributed by atoms with Crippen LogP contribution in [0.25, 0.3) is 12.2 Å². The Labute approximate surface area is 122 Å². The first kappa shape index (κ1) is 14.3. The molecule has 0 saturated heterocycles. The fraction of sp³-hybridized carbons (Fsp3) is 0.278. The van der Waals surface area contributed by atoms with Crippen molar-refractivity contribution in [2.45, 2.75) is 19.9 Å². The molecule has 0 spiro atoms. The number of aryl methyl sites for hydroxylation is 1. The maximum atomic E-state index is 2.28. The minimum Gasteiger partial charge on any atom is -0.378 e. The number of pyridine rings is 1. The molecule has 0 N–H and O–H groups in total. The number of aromatic nitrogens is 1. The van der Waals surface area contributed by atoms with Gasteiger partial charge in [-0.1, -0.05) is 19.1 Å². The van der Waals surface area contributed by atoms with Crippen LogP contribution in [0.4, 0.5) is 5.69 Å². The Morgan fingerprint density at radius 1 is 1.00 bits per heavy atom. The van der Waals surface area contributed by atoms with Gasteiger partial charge in [0.05, 0.1) is 0 Å². The highest BCUT2D eigenvalue weighted by Crippen LogP contribution is 2.13. The highest BCUT2D eigenvalue weighted by atomic mass is 15.1. The van der Waals surface area contributed by atoms with Crippen molar-refractivity contribution in [2.24, 2.45) is 0 Å². The summed E-state index contributed by atoms with van der Waals surface area (Å²) in [6, 6.07) is 14.9. The van der Waals surface area contributed by atoms with Crippen molar-refractivity contribution in [3.8, 4) is 0 Å². The molecule has 0 amide bonds. The van der Waals surface area contributed by atoms with Crippen LogP contribution in [0, 0.1) is 0 Å². The van der Waals surface area contributed by atoms with Gasteiger partial charge in [-0.2, -0.15) is 4.57 Å². The van der Waals surface area contributed by atoms with Crippen LogP contribution in [0.5, 0.6) is 0 Å². The summed E-state index contributed by atoms with van der Waals surface area (Å²) in [5.74, 6) is 0. The molecule has 1 aromatic heterocycles. The van der Waals surface area contributed by atoms with E-state index in [0.29, 0.717) is 0 Å². The van der Waals surface area contributed by atoms with Crippen molar-refractivity contribution in [3.63, 3.8) is 0 Å². The second-order valence-electron chi connectivity index (χ2n) is 5.14. The quantitative estimate of drug-likeness (QED) is 0.751. The van der Waals surface area contributed by atoms with Gasteiger partial charge >= 0.3 is 0 Å². The van der Waals surface area contributed by atoms with Crippen molar-refractivity contribution in [1.29, 1.82) is 0 Å². The predicted molar refractivity (Wildman–Crippen MR) is 86.6 cm³/mol. The summed E-state index contributed by atoms with van der Waals surface area (Å²) in [5.41, 5.74) is 3.69. The van der Waals surface area contributed by atoms with Gasteiger partial charge in [0.1, 0.15) is 6.54 Å². The van der Waals surface area contributed by atoms with Gasteiger partial charge in [0.15, 0.2) is 6.20 Å². The zero-order chi connectivity index (χ0) is 14.4. The lowest BCUT2D eigenvalue weighted by atomic mass is 10.1. The van der Waals surface area contributed by atoms with Crippen LogP contribution in [0.15, 0.2) is 48.7 Å². The molecule has 0 unspecified atom stereocenters. The Bertz CT molecular complexity index is 568. The summed E-state index contributed by atoms with van der Waals surface area (Å²) >= 11 is 0. The van der Waals surface area contributed by atoms with Gasteiger partial charge in [0, 0.05) is 44.4 Å². The van der Waals surface area contributed by atoms with E-state index in [1.165, 1.54) is 16.9 Å². The average Bonchev–Trinajstić information content (AvgIpc) is 2.47. The topological polar surface area (TPSA) is 7.12 Å².